The molecule has 126 valence electrons. The van der Waals surface area contributed by atoms with Gasteiger partial charge >= 0.3 is 0 Å². The maximum absolute atomic E-state index is 11.8. The van der Waals surface area contributed by atoms with Crippen molar-refractivity contribution in [1.82, 2.24) is 13.9 Å². The van der Waals surface area contributed by atoms with Gasteiger partial charge in [-0.25, -0.2) is 0 Å². The molecule has 0 amide bonds. The molecule has 0 aromatic heterocycles. The predicted octanol–water partition coefficient (Wildman–Crippen LogP) is -0.111. The quantitative estimate of drug-likeness (QED) is 0.781. The van der Waals surface area contributed by atoms with Crippen LogP contribution in [0.5, 0.6) is 0 Å². The Morgan fingerprint density at radius 1 is 1.39 bits per heavy atom. The third-order valence-corrected chi connectivity index (χ3v) is 5.50. The first-order valence-corrected chi connectivity index (χ1v) is 8.85. The van der Waals surface area contributed by atoms with Crippen molar-refractivity contribution in [3.8, 4) is 6.07 Å². The Balaban J connectivity index is 1.92. The van der Waals surface area contributed by atoms with Gasteiger partial charge in [0, 0.05) is 33.7 Å². The van der Waals surface area contributed by atoms with Gasteiger partial charge in [0.1, 0.15) is 0 Å². The van der Waals surface area contributed by atoms with E-state index in [0.29, 0.717) is 31.6 Å². The Bertz CT molecular complexity index is 667. The molecule has 2 N–H and O–H groups in total. The molecule has 1 fully saturated rings. The summed E-state index contributed by atoms with van der Waals surface area (Å²) in [5.41, 5.74) is 1.68. The van der Waals surface area contributed by atoms with Gasteiger partial charge in [-0.1, -0.05) is 12.1 Å². The van der Waals surface area contributed by atoms with Crippen LogP contribution in [0.1, 0.15) is 17.5 Å². The van der Waals surface area contributed by atoms with Crippen molar-refractivity contribution >= 4 is 10.2 Å². The zero-order valence-corrected chi connectivity index (χ0v) is 14.1. The molecule has 7 nitrogen and oxygen atoms in total. The third-order valence-electron chi connectivity index (χ3n) is 3.94. The molecular weight excluding hydrogens is 316 g/mol. The number of aliphatic hydroxyl groups excluding tert-OH is 1. The molecule has 2 rings (SSSR count). The van der Waals surface area contributed by atoms with Gasteiger partial charge in [0.25, 0.3) is 10.2 Å². The van der Waals surface area contributed by atoms with E-state index in [1.807, 2.05) is 12.1 Å². The number of hydrogen-bond donors (Lipinski definition) is 2. The summed E-state index contributed by atoms with van der Waals surface area (Å²) >= 11 is 0. The Labute approximate surface area is 137 Å². The summed E-state index contributed by atoms with van der Waals surface area (Å²) in [7, 11) is -0.634. The fourth-order valence-corrected chi connectivity index (χ4v) is 3.39. The molecule has 0 unspecified atom stereocenters. The SMILES string of the molecule is CN(C)S(=O)(=O)N[C@@H]1CCN(Cc2ccc(C#N)cc2)C[C@H]1O. The second kappa shape index (κ2) is 7.38. The van der Waals surface area contributed by atoms with Gasteiger partial charge in [0.15, 0.2) is 0 Å². The average Bonchev–Trinajstić information content (AvgIpc) is 2.50. The number of hydrogen-bond acceptors (Lipinski definition) is 5. The number of nitriles is 1. The molecule has 0 radical (unpaired) electrons. The van der Waals surface area contributed by atoms with Crippen LogP contribution in [0.2, 0.25) is 0 Å². The van der Waals surface area contributed by atoms with Crippen molar-refractivity contribution in [2.45, 2.75) is 25.1 Å². The number of aliphatic hydroxyl groups is 1. The molecule has 1 aromatic carbocycles. The minimum atomic E-state index is -3.54. The Hall–Kier alpha value is -1.50. The number of nitrogens with one attached hydrogen (secondary N) is 1. The van der Waals surface area contributed by atoms with Gasteiger partial charge in [-0.3, -0.25) is 4.90 Å². The van der Waals surface area contributed by atoms with Gasteiger partial charge in [0.05, 0.1) is 23.8 Å². The number of piperidine rings is 1. The van der Waals surface area contributed by atoms with E-state index in [1.165, 1.54) is 14.1 Å². The fourth-order valence-electron chi connectivity index (χ4n) is 2.52. The predicted molar refractivity (Wildman–Crippen MR) is 86.6 cm³/mol. The van der Waals surface area contributed by atoms with Crippen molar-refractivity contribution in [2.75, 3.05) is 27.2 Å². The highest BCUT2D eigenvalue weighted by molar-refractivity contribution is 7.87. The second-order valence-corrected chi connectivity index (χ2v) is 7.83. The largest absolute Gasteiger partial charge is 0.390 e. The molecule has 0 bridgehead atoms. The highest BCUT2D eigenvalue weighted by Gasteiger charge is 2.31. The van der Waals surface area contributed by atoms with Crippen LogP contribution in [0, 0.1) is 11.3 Å². The van der Waals surface area contributed by atoms with Crippen molar-refractivity contribution in [3.63, 3.8) is 0 Å². The Kier molecular flexibility index (Phi) is 5.73. The lowest BCUT2D eigenvalue weighted by molar-refractivity contribution is 0.0441. The van der Waals surface area contributed by atoms with Crippen molar-refractivity contribution in [3.05, 3.63) is 35.4 Å². The first-order chi connectivity index (χ1) is 10.8. The Morgan fingerprint density at radius 3 is 2.57 bits per heavy atom. The van der Waals surface area contributed by atoms with Crippen LogP contribution >= 0.6 is 0 Å². The van der Waals surface area contributed by atoms with E-state index in [2.05, 4.69) is 15.7 Å². The van der Waals surface area contributed by atoms with Crippen LogP contribution in [0.15, 0.2) is 24.3 Å². The lowest BCUT2D eigenvalue weighted by Crippen LogP contribution is -2.55. The first-order valence-electron chi connectivity index (χ1n) is 7.41. The minimum Gasteiger partial charge on any atom is -0.390 e. The topological polar surface area (TPSA) is 96.7 Å². The summed E-state index contributed by atoms with van der Waals surface area (Å²) in [5, 5.41) is 19.0. The van der Waals surface area contributed by atoms with E-state index in [9.17, 15) is 13.5 Å². The van der Waals surface area contributed by atoms with Crippen LogP contribution < -0.4 is 4.72 Å². The smallest absolute Gasteiger partial charge is 0.279 e. The highest BCUT2D eigenvalue weighted by atomic mass is 32.2. The first kappa shape index (κ1) is 17.8. The molecule has 1 heterocycles. The van der Waals surface area contributed by atoms with Gasteiger partial charge in [0.2, 0.25) is 0 Å². The van der Waals surface area contributed by atoms with Gasteiger partial charge in [-0.05, 0) is 24.1 Å². The summed E-state index contributed by atoms with van der Waals surface area (Å²) < 4.78 is 27.3. The maximum Gasteiger partial charge on any atom is 0.279 e. The molecule has 0 saturated carbocycles. The second-order valence-electron chi connectivity index (χ2n) is 5.91. The van der Waals surface area contributed by atoms with E-state index in [-0.39, 0.29) is 0 Å². The normalized spacial score (nSPS) is 22.9. The van der Waals surface area contributed by atoms with Crippen LogP contribution in [0.4, 0.5) is 0 Å². The number of benzene rings is 1. The van der Waals surface area contributed by atoms with Crippen molar-refractivity contribution < 1.29 is 13.5 Å². The number of rotatable bonds is 5. The van der Waals surface area contributed by atoms with E-state index in [0.717, 1.165) is 9.87 Å². The Morgan fingerprint density at radius 2 is 2.04 bits per heavy atom. The summed E-state index contributed by atoms with van der Waals surface area (Å²) in [6.45, 7) is 1.76. The van der Waals surface area contributed by atoms with E-state index in [4.69, 9.17) is 5.26 Å². The van der Waals surface area contributed by atoms with Gasteiger partial charge in [-0.15, -0.1) is 0 Å². The van der Waals surface area contributed by atoms with E-state index >= 15 is 0 Å². The van der Waals surface area contributed by atoms with Crippen LogP contribution in [-0.4, -0.2) is 62.1 Å². The lowest BCUT2D eigenvalue weighted by atomic mass is 10.0. The molecule has 2 atom stereocenters. The summed E-state index contributed by atoms with van der Waals surface area (Å²) in [5.74, 6) is 0. The third kappa shape index (κ3) is 4.73. The number of β-amino-alcohol motifs (C(OH)–C–C–N with tert-alkyl or cyclic N) is 1. The molecule has 1 aromatic rings. The molecule has 1 aliphatic heterocycles. The average molecular weight is 338 g/mol. The maximum atomic E-state index is 11.8. The van der Waals surface area contributed by atoms with Gasteiger partial charge < -0.3 is 5.11 Å². The van der Waals surface area contributed by atoms with E-state index < -0.39 is 22.4 Å². The molecular formula is C15H22N4O3S. The molecule has 1 saturated heterocycles. The monoisotopic (exact) mass is 338 g/mol. The zero-order valence-electron chi connectivity index (χ0n) is 13.3. The highest BCUT2D eigenvalue weighted by Crippen LogP contribution is 2.16. The summed E-state index contributed by atoms with van der Waals surface area (Å²) in [6, 6.07) is 8.93. The summed E-state index contributed by atoms with van der Waals surface area (Å²) in [6.07, 6.45) is -0.207. The van der Waals surface area contributed by atoms with Crippen LogP contribution in [0.25, 0.3) is 0 Å². The minimum absolute atomic E-state index is 0.403. The zero-order chi connectivity index (χ0) is 17.0. The van der Waals surface area contributed by atoms with Crippen molar-refractivity contribution in [1.29, 1.82) is 5.26 Å². The van der Waals surface area contributed by atoms with Crippen molar-refractivity contribution in [2.24, 2.45) is 0 Å². The van der Waals surface area contributed by atoms with Gasteiger partial charge in [-0.2, -0.15) is 22.7 Å². The molecule has 8 heteroatoms. The standard InChI is InChI=1S/C15H22N4O3S/c1-18(2)23(21,22)17-14-7-8-19(11-15(14)20)10-13-5-3-12(9-16)4-6-13/h3-6,14-15,17,20H,7-8,10-11H2,1-2H3/t14-,15-/m1/s1. The molecule has 0 aliphatic carbocycles. The van der Waals surface area contributed by atoms with E-state index in [1.54, 1.807) is 12.1 Å². The number of nitrogens with zero attached hydrogens (tertiary/aromatic N) is 3. The van der Waals surface area contributed by atoms with Crippen LogP contribution in [-0.2, 0) is 16.8 Å². The molecule has 23 heavy (non-hydrogen) atoms. The molecule has 0 spiro atoms. The lowest BCUT2D eigenvalue weighted by Gasteiger charge is -2.36. The number of likely N-dealkylation sites (tertiary alicyclic amines) is 1. The molecule has 1 aliphatic rings. The van der Waals surface area contributed by atoms with Crippen LogP contribution in [0.3, 0.4) is 0 Å². The fraction of sp³-hybridized carbons (Fsp3) is 0.533. The summed E-state index contributed by atoms with van der Waals surface area (Å²) in [4.78, 5) is 2.08.